The van der Waals surface area contributed by atoms with E-state index in [0.717, 1.165) is 24.0 Å². The number of carbonyl (C=O) groups excluding carboxylic acids is 1. The molecule has 5 rings (SSSR count). The SMILES string of the molecule is C=C1C[C@@H]2C[C@@H]3C[C@@H](O)C[C@@H](O3)c3coc(n3)C=CC[C@H]3O[C@@H](C(C)=CC)[C@H](C)[C@@H](OC(=O)C=CC[C@@H](C1)O2)[C@H]3C. The van der Waals surface area contributed by atoms with Crippen molar-refractivity contribution in [2.45, 2.75) is 121 Å². The summed E-state index contributed by atoms with van der Waals surface area (Å²) in [6, 6.07) is 0. The van der Waals surface area contributed by atoms with Gasteiger partial charge in [-0.2, -0.15) is 0 Å². The number of esters is 1. The van der Waals surface area contributed by atoms with Crippen LogP contribution in [0.4, 0.5) is 0 Å². The number of oxazole rings is 1. The van der Waals surface area contributed by atoms with E-state index in [-0.39, 0.29) is 60.5 Å². The standard InChI is InChI=1S/C33H45NO7/c1-6-20(3)32-22(5)33-21(4)28(40-32)10-8-11-30-34-27(18-37-30)29-16-23(35)15-26(39-29)17-25-14-19(2)13-24(38-25)9-7-12-31(36)41-33/h6-8,11-12,18,21-26,28-29,32-33,35H,2,9-10,13-17H2,1,3-5H3/t21-,22-,23+,24-,25+,26-,28+,29+,32-,33-/m0/s1. The number of aromatic nitrogens is 1. The largest absolute Gasteiger partial charge is 0.458 e. The van der Waals surface area contributed by atoms with Crippen LogP contribution in [0.1, 0.15) is 90.3 Å². The maximum absolute atomic E-state index is 13.0. The van der Waals surface area contributed by atoms with Gasteiger partial charge in [0.25, 0.3) is 0 Å². The van der Waals surface area contributed by atoms with Gasteiger partial charge in [0, 0.05) is 30.8 Å². The molecule has 0 unspecified atom stereocenters. The van der Waals surface area contributed by atoms with E-state index < -0.39 is 6.10 Å². The summed E-state index contributed by atoms with van der Waals surface area (Å²) in [5.74, 6) is 0.130. The van der Waals surface area contributed by atoms with Gasteiger partial charge >= 0.3 is 5.97 Å². The Kier molecular flexibility index (Phi) is 9.64. The van der Waals surface area contributed by atoms with Crippen LogP contribution in [0, 0.1) is 11.8 Å². The fourth-order valence-electron chi connectivity index (χ4n) is 6.79. The molecule has 8 nitrogen and oxygen atoms in total. The van der Waals surface area contributed by atoms with Crippen LogP contribution in [0.2, 0.25) is 0 Å². The summed E-state index contributed by atoms with van der Waals surface area (Å²) in [5.41, 5.74) is 2.93. The van der Waals surface area contributed by atoms with Crippen molar-refractivity contribution in [3.05, 3.63) is 59.9 Å². The zero-order chi connectivity index (χ0) is 29.1. The van der Waals surface area contributed by atoms with Crippen LogP contribution in [0.25, 0.3) is 6.08 Å². The highest BCUT2D eigenvalue weighted by molar-refractivity contribution is 5.82. The molecular formula is C33H45NO7. The number of carbonyl (C=O) groups is 1. The molecule has 1 aromatic heterocycles. The van der Waals surface area contributed by atoms with Gasteiger partial charge < -0.3 is 28.5 Å². The Labute approximate surface area is 243 Å². The normalized spacial score (nSPS) is 39.1. The molecule has 4 aliphatic rings. The monoisotopic (exact) mass is 567 g/mol. The van der Waals surface area contributed by atoms with Crippen LogP contribution < -0.4 is 0 Å². The third-order valence-corrected chi connectivity index (χ3v) is 9.05. The van der Waals surface area contributed by atoms with Gasteiger partial charge in [0.2, 0.25) is 5.89 Å². The summed E-state index contributed by atoms with van der Waals surface area (Å²) < 4.78 is 31.2. The summed E-state index contributed by atoms with van der Waals surface area (Å²) >= 11 is 0. The average molecular weight is 568 g/mol. The van der Waals surface area contributed by atoms with Crippen LogP contribution >= 0.6 is 0 Å². The Balaban J connectivity index is 1.41. The summed E-state index contributed by atoms with van der Waals surface area (Å²) in [5, 5.41) is 10.6. The van der Waals surface area contributed by atoms with Crippen LogP contribution in [-0.2, 0) is 23.7 Å². The lowest BCUT2D eigenvalue weighted by Crippen LogP contribution is -2.50. The predicted octanol–water partition coefficient (Wildman–Crippen LogP) is 6.03. The molecule has 0 aliphatic carbocycles. The summed E-state index contributed by atoms with van der Waals surface area (Å²) in [4.78, 5) is 17.7. The maximum Gasteiger partial charge on any atom is 0.330 e. The molecule has 0 spiro atoms. The van der Waals surface area contributed by atoms with E-state index in [4.69, 9.17) is 23.4 Å². The number of allylic oxidation sites excluding steroid dienone is 1. The molecule has 5 heterocycles. The van der Waals surface area contributed by atoms with Crippen molar-refractivity contribution in [2.24, 2.45) is 11.8 Å². The molecule has 1 aromatic rings. The third kappa shape index (κ3) is 7.28. The second-order valence-electron chi connectivity index (χ2n) is 12.3. The van der Waals surface area contributed by atoms with E-state index in [1.807, 2.05) is 25.2 Å². The van der Waals surface area contributed by atoms with Crippen molar-refractivity contribution in [2.75, 3.05) is 0 Å². The predicted molar refractivity (Wildman–Crippen MR) is 155 cm³/mol. The number of aliphatic hydroxyl groups is 1. The van der Waals surface area contributed by atoms with Gasteiger partial charge in [0.15, 0.2) is 0 Å². The topological polar surface area (TPSA) is 100 Å². The lowest BCUT2D eigenvalue weighted by molar-refractivity contribution is -0.180. The van der Waals surface area contributed by atoms with Gasteiger partial charge in [-0.25, -0.2) is 9.78 Å². The molecule has 8 bridgehead atoms. The molecule has 0 aromatic carbocycles. The number of fused-ring (bicyclic) bond motifs is 9. The van der Waals surface area contributed by atoms with Gasteiger partial charge in [0.1, 0.15) is 24.2 Å². The second kappa shape index (κ2) is 13.2. The van der Waals surface area contributed by atoms with Crippen molar-refractivity contribution in [1.82, 2.24) is 4.98 Å². The first-order valence-electron chi connectivity index (χ1n) is 15.1. The maximum atomic E-state index is 13.0. The summed E-state index contributed by atoms with van der Waals surface area (Å²) in [6.45, 7) is 12.5. The first-order chi connectivity index (χ1) is 19.7. The van der Waals surface area contributed by atoms with Gasteiger partial charge in [-0.1, -0.05) is 44.2 Å². The van der Waals surface area contributed by atoms with Crippen LogP contribution in [0.5, 0.6) is 0 Å². The third-order valence-electron chi connectivity index (χ3n) is 9.05. The first kappa shape index (κ1) is 30.0. The number of nitrogens with zero attached hydrogens (tertiary/aromatic N) is 1. The van der Waals surface area contributed by atoms with Gasteiger partial charge in [0.05, 0.1) is 36.6 Å². The highest BCUT2D eigenvalue weighted by Crippen LogP contribution is 2.38. The van der Waals surface area contributed by atoms with E-state index in [1.165, 1.54) is 6.08 Å². The number of ether oxygens (including phenoxy) is 4. The average Bonchev–Trinajstić information content (AvgIpc) is 3.40. The Bertz CT molecular complexity index is 1170. The van der Waals surface area contributed by atoms with Crippen molar-refractivity contribution in [3.8, 4) is 0 Å². The van der Waals surface area contributed by atoms with Crippen molar-refractivity contribution >= 4 is 12.0 Å². The second-order valence-corrected chi connectivity index (χ2v) is 12.3. The lowest BCUT2D eigenvalue weighted by atomic mass is 9.79. The fourth-order valence-corrected chi connectivity index (χ4v) is 6.79. The van der Waals surface area contributed by atoms with E-state index >= 15 is 0 Å². The Hall–Kier alpha value is -2.52. The zero-order valence-electron chi connectivity index (χ0n) is 24.7. The molecule has 3 fully saturated rings. The molecule has 224 valence electrons. The molecule has 41 heavy (non-hydrogen) atoms. The molecule has 10 atom stereocenters. The minimum absolute atomic E-state index is 0.00940. The van der Waals surface area contributed by atoms with E-state index in [0.29, 0.717) is 43.7 Å². The highest BCUT2D eigenvalue weighted by atomic mass is 16.6. The van der Waals surface area contributed by atoms with Crippen molar-refractivity contribution in [1.29, 1.82) is 0 Å². The fraction of sp³-hybridized carbons (Fsp3) is 0.636. The van der Waals surface area contributed by atoms with Crippen LogP contribution in [0.3, 0.4) is 0 Å². The van der Waals surface area contributed by atoms with Crippen LogP contribution in [-0.4, -0.2) is 58.8 Å². The number of hydrogen-bond acceptors (Lipinski definition) is 8. The Morgan fingerprint density at radius 2 is 1.78 bits per heavy atom. The van der Waals surface area contributed by atoms with Crippen LogP contribution in [0.15, 0.2) is 52.7 Å². The van der Waals surface area contributed by atoms with Gasteiger partial charge in [-0.05, 0) is 57.6 Å². The van der Waals surface area contributed by atoms with Crippen molar-refractivity contribution in [3.63, 3.8) is 0 Å². The summed E-state index contributed by atoms with van der Waals surface area (Å²) in [7, 11) is 0. The molecule has 1 N–H and O–H groups in total. The zero-order valence-corrected chi connectivity index (χ0v) is 24.7. The molecule has 3 saturated heterocycles. The quantitative estimate of drug-likeness (QED) is 0.324. The van der Waals surface area contributed by atoms with Gasteiger partial charge in [-0.15, -0.1) is 0 Å². The van der Waals surface area contributed by atoms with E-state index in [9.17, 15) is 9.90 Å². The Morgan fingerprint density at radius 1 is 1.00 bits per heavy atom. The number of hydrogen-bond donors (Lipinski definition) is 1. The van der Waals surface area contributed by atoms with Gasteiger partial charge in [-0.3, -0.25) is 0 Å². The first-order valence-corrected chi connectivity index (χ1v) is 15.1. The van der Waals surface area contributed by atoms with E-state index in [1.54, 1.807) is 6.26 Å². The Morgan fingerprint density at radius 3 is 2.59 bits per heavy atom. The molecule has 8 heteroatoms. The minimum atomic E-state index is -0.485. The highest BCUT2D eigenvalue weighted by Gasteiger charge is 2.43. The number of rotatable bonds is 1. The molecule has 0 amide bonds. The lowest BCUT2D eigenvalue weighted by Gasteiger charge is -2.44. The molecule has 0 saturated carbocycles. The molecule has 4 aliphatic heterocycles. The minimum Gasteiger partial charge on any atom is -0.458 e. The van der Waals surface area contributed by atoms with Crippen molar-refractivity contribution < 1.29 is 33.3 Å². The summed E-state index contributed by atoms with van der Waals surface area (Å²) in [6.07, 6.45) is 13.6. The number of aliphatic hydroxyl groups excluding tert-OH is 1. The molecule has 0 radical (unpaired) electrons. The smallest absolute Gasteiger partial charge is 0.330 e. The van der Waals surface area contributed by atoms with E-state index in [2.05, 4.69) is 38.4 Å². The molecular weight excluding hydrogens is 522 g/mol.